The highest BCUT2D eigenvalue weighted by Crippen LogP contribution is 2.32. The minimum atomic E-state index is -0.310. The van der Waals surface area contributed by atoms with Gasteiger partial charge < -0.3 is 26.2 Å². The van der Waals surface area contributed by atoms with Crippen molar-refractivity contribution in [3.05, 3.63) is 45.5 Å². The summed E-state index contributed by atoms with van der Waals surface area (Å²) in [5.41, 5.74) is 7.67. The van der Waals surface area contributed by atoms with Crippen LogP contribution in [0.5, 0.6) is 0 Å². The van der Waals surface area contributed by atoms with Crippen LogP contribution in [0.1, 0.15) is 36.6 Å². The molecule has 1 aromatic heterocycles. The van der Waals surface area contributed by atoms with E-state index < -0.39 is 0 Å². The summed E-state index contributed by atoms with van der Waals surface area (Å²) in [5.74, 6) is 1.19. The Bertz CT molecular complexity index is 1060. The molecule has 2 amide bonds. The average molecular weight is 503 g/mol. The molecule has 3 heterocycles. The normalized spacial score (nSPS) is 18.9. The first-order valence-electron chi connectivity index (χ1n) is 11.5. The van der Waals surface area contributed by atoms with Gasteiger partial charge in [0.1, 0.15) is 22.5 Å². The zero-order chi connectivity index (χ0) is 24.1. The molecule has 9 nitrogen and oxygen atoms in total. The smallest absolute Gasteiger partial charge is 0.324 e. The number of halogens is 1. The molecule has 1 unspecified atom stereocenters. The van der Waals surface area contributed by atoms with Crippen molar-refractivity contribution < 1.29 is 4.79 Å². The van der Waals surface area contributed by atoms with Gasteiger partial charge in [-0.05, 0) is 37.8 Å². The fourth-order valence-electron chi connectivity index (χ4n) is 4.37. The van der Waals surface area contributed by atoms with Crippen molar-refractivity contribution in [1.82, 2.24) is 15.2 Å². The SMILES string of the molecule is CN/C(N)=C(/Cl)C(=N)N1CCCC(c2nc(NC(=O)Nc3ccccc3N3CCCC3)cs2)C1. The number of rotatable bonds is 6. The van der Waals surface area contributed by atoms with E-state index in [0.717, 1.165) is 48.9 Å². The second-order valence-electron chi connectivity index (χ2n) is 8.47. The third-order valence-electron chi connectivity index (χ3n) is 6.16. The number of nitrogens with zero attached hydrogens (tertiary/aromatic N) is 3. The summed E-state index contributed by atoms with van der Waals surface area (Å²) in [5, 5.41) is 20.0. The fraction of sp³-hybridized carbons (Fsp3) is 0.435. The van der Waals surface area contributed by atoms with Crippen LogP contribution in [0, 0.1) is 5.41 Å². The van der Waals surface area contributed by atoms with Crippen molar-refractivity contribution in [2.45, 2.75) is 31.6 Å². The summed E-state index contributed by atoms with van der Waals surface area (Å²) in [6.45, 7) is 3.40. The summed E-state index contributed by atoms with van der Waals surface area (Å²) in [6.07, 6.45) is 4.24. The van der Waals surface area contributed by atoms with Gasteiger partial charge in [-0.3, -0.25) is 10.7 Å². The lowest BCUT2D eigenvalue weighted by molar-refractivity contribution is 0.262. The molecule has 2 saturated heterocycles. The van der Waals surface area contributed by atoms with Crippen molar-refractivity contribution >= 4 is 52.0 Å². The summed E-state index contributed by atoms with van der Waals surface area (Å²) in [7, 11) is 1.68. The van der Waals surface area contributed by atoms with Crippen molar-refractivity contribution in [1.29, 1.82) is 5.41 Å². The standard InChI is InChI=1S/C23H31ClN8OS/c1-27-20(25)19(24)21(26)32-12-6-7-15(13-32)22-29-18(14-34-22)30-23(33)28-16-8-2-3-9-17(16)31-10-4-5-11-31/h2-3,8-9,14-15,26-27H,4-7,10-13,25H2,1H3,(H2,28,30,33)/b20-19+,26-21?. The summed E-state index contributed by atoms with van der Waals surface area (Å²) in [6, 6.07) is 7.57. The van der Waals surface area contributed by atoms with E-state index in [9.17, 15) is 4.79 Å². The molecule has 2 aliphatic heterocycles. The molecule has 182 valence electrons. The number of carbonyl (C=O) groups excluding carboxylic acids is 1. The minimum Gasteiger partial charge on any atom is -0.384 e. The zero-order valence-corrected chi connectivity index (χ0v) is 20.8. The molecule has 1 atom stereocenters. The number of urea groups is 1. The number of nitrogens with one attached hydrogen (secondary N) is 4. The van der Waals surface area contributed by atoms with Crippen LogP contribution in [-0.4, -0.2) is 55.0 Å². The number of aromatic nitrogens is 1. The third-order valence-corrected chi connectivity index (χ3v) is 7.55. The molecular formula is C23H31ClN8OS. The molecule has 2 fully saturated rings. The van der Waals surface area contributed by atoms with E-state index in [1.54, 1.807) is 7.05 Å². The first-order chi connectivity index (χ1) is 16.5. The second-order valence-corrected chi connectivity index (χ2v) is 9.74. The maximum atomic E-state index is 12.7. The number of para-hydroxylation sites is 2. The number of carbonyl (C=O) groups is 1. The monoisotopic (exact) mass is 502 g/mol. The van der Waals surface area contributed by atoms with Crippen LogP contribution in [-0.2, 0) is 0 Å². The van der Waals surface area contributed by atoms with Gasteiger partial charge >= 0.3 is 6.03 Å². The molecule has 1 aromatic carbocycles. The van der Waals surface area contributed by atoms with Gasteiger partial charge in [0, 0.05) is 44.5 Å². The summed E-state index contributed by atoms with van der Waals surface area (Å²) in [4.78, 5) is 21.6. The number of thiazole rings is 1. The number of amidine groups is 1. The third kappa shape index (κ3) is 5.56. The first kappa shape index (κ1) is 24.2. The van der Waals surface area contributed by atoms with Gasteiger partial charge in [-0.1, -0.05) is 23.7 Å². The van der Waals surface area contributed by atoms with Gasteiger partial charge in [-0.2, -0.15) is 0 Å². The predicted octanol–water partition coefficient (Wildman–Crippen LogP) is 4.13. The van der Waals surface area contributed by atoms with Crippen LogP contribution in [0.3, 0.4) is 0 Å². The Morgan fingerprint density at radius 1 is 1.21 bits per heavy atom. The molecule has 0 spiro atoms. The number of benzene rings is 1. The molecule has 34 heavy (non-hydrogen) atoms. The van der Waals surface area contributed by atoms with Crippen LogP contribution in [0.2, 0.25) is 0 Å². The lowest BCUT2D eigenvalue weighted by Gasteiger charge is -2.33. The van der Waals surface area contributed by atoms with Crippen LogP contribution >= 0.6 is 22.9 Å². The molecule has 0 saturated carbocycles. The number of piperidine rings is 1. The van der Waals surface area contributed by atoms with E-state index in [1.165, 1.54) is 24.2 Å². The highest BCUT2D eigenvalue weighted by molar-refractivity contribution is 7.10. The minimum absolute atomic E-state index is 0.161. The number of amides is 2. The van der Waals surface area contributed by atoms with Crippen LogP contribution in [0.4, 0.5) is 22.0 Å². The van der Waals surface area contributed by atoms with E-state index >= 15 is 0 Å². The highest BCUT2D eigenvalue weighted by atomic mass is 35.5. The Labute approximate surface area is 208 Å². The van der Waals surface area contributed by atoms with E-state index in [4.69, 9.17) is 22.7 Å². The molecule has 2 aromatic rings. The lowest BCUT2D eigenvalue weighted by Crippen LogP contribution is -2.40. The van der Waals surface area contributed by atoms with Crippen molar-refractivity contribution in [3.63, 3.8) is 0 Å². The average Bonchev–Trinajstić information content (AvgIpc) is 3.55. The van der Waals surface area contributed by atoms with Crippen LogP contribution in [0.25, 0.3) is 0 Å². The second kappa shape index (κ2) is 11.0. The summed E-state index contributed by atoms with van der Waals surface area (Å²) < 4.78 is 0. The van der Waals surface area contributed by atoms with Gasteiger partial charge in [-0.25, -0.2) is 9.78 Å². The maximum absolute atomic E-state index is 12.7. The number of hydrogen-bond acceptors (Lipinski definition) is 7. The lowest BCUT2D eigenvalue weighted by atomic mass is 9.98. The largest absolute Gasteiger partial charge is 0.384 e. The Balaban J connectivity index is 1.37. The van der Waals surface area contributed by atoms with Crippen LogP contribution < -0.4 is 26.6 Å². The Hall–Kier alpha value is -2.98. The zero-order valence-electron chi connectivity index (χ0n) is 19.2. The van der Waals surface area contributed by atoms with Gasteiger partial charge in [0.25, 0.3) is 0 Å². The van der Waals surface area contributed by atoms with Crippen molar-refractivity contribution in [2.75, 3.05) is 48.8 Å². The number of hydrogen-bond donors (Lipinski definition) is 5. The van der Waals surface area contributed by atoms with E-state index in [-0.39, 0.29) is 28.6 Å². The first-order valence-corrected chi connectivity index (χ1v) is 12.8. The maximum Gasteiger partial charge on any atom is 0.324 e. The molecule has 2 aliphatic rings. The number of nitrogens with two attached hydrogens (primary N) is 1. The van der Waals surface area contributed by atoms with Crippen molar-refractivity contribution in [2.24, 2.45) is 5.73 Å². The number of likely N-dealkylation sites (tertiary alicyclic amines) is 1. The molecule has 0 bridgehead atoms. The summed E-state index contributed by atoms with van der Waals surface area (Å²) >= 11 is 7.76. The highest BCUT2D eigenvalue weighted by Gasteiger charge is 2.27. The Kier molecular flexibility index (Phi) is 7.79. The quantitative estimate of drug-likeness (QED) is 0.299. The van der Waals surface area contributed by atoms with Gasteiger partial charge in [0.15, 0.2) is 0 Å². The van der Waals surface area contributed by atoms with Gasteiger partial charge in [0.05, 0.1) is 16.4 Å². The molecule has 11 heteroatoms. The predicted molar refractivity (Wildman–Crippen MR) is 140 cm³/mol. The van der Waals surface area contributed by atoms with Crippen molar-refractivity contribution in [3.8, 4) is 0 Å². The molecular weight excluding hydrogens is 472 g/mol. The van der Waals surface area contributed by atoms with E-state index in [0.29, 0.717) is 12.4 Å². The topological polar surface area (TPSA) is 122 Å². The van der Waals surface area contributed by atoms with E-state index in [2.05, 4.69) is 25.8 Å². The Morgan fingerprint density at radius 2 is 1.97 bits per heavy atom. The van der Waals surface area contributed by atoms with E-state index in [1.807, 2.05) is 34.5 Å². The molecule has 0 aliphatic carbocycles. The number of anilines is 3. The molecule has 0 radical (unpaired) electrons. The Morgan fingerprint density at radius 3 is 2.74 bits per heavy atom. The van der Waals surface area contributed by atoms with Gasteiger partial charge in [0.2, 0.25) is 0 Å². The van der Waals surface area contributed by atoms with Crippen LogP contribution in [0.15, 0.2) is 40.5 Å². The molecule has 4 rings (SSSR count). The fourth-order valence-corrected chi connectivity index (χ4v) is 5.47. The molecule has 6 N–H and O–H groups in total. The van der Waals surface area contributed by atoms with Gasteiger partial charge in [-0.15, -0.1) is 11.3 Å².